The van der Waals surface area contributed by atoms with Crippen LogP contribution in [-0.4, -0.2) is 32.4 Å². The fraction of sp³-hybridized carbons (Fsp3) is 0.278. The van der Waals surface area contributed by atoms with Gasteiger partial charge in [-0.15, -0.1) is 0 Å². The fourth-order valence-corrected chi connectivity index (χ4v) is 3.23. The topological polar surface area (TPSA) is 87.6 Å². The third-order valence-electron chi connectivity index (χ3n) is 4.50. The standard InChI is InChI=1S/C18H19ClN6O/c1-11-16(12-2-4-13(19)5-3-12)22-23-17(11)18(26)21-9-14-8-15-10-20-6-7-25(15)24-14/h2-5,8,20H,6-7,9-10H2,1H3,(H,21,26)(H,22,23). The van der Waals surface area contributed by atoms with Gasteiger partial charge in [-0.1, -0.05) is 23.7 Å². The zero-order valence-electron chi connectivity index (χ0n) is 14.3. The lowest BCUT2D eigenvalue weighted by Gasteiger charge is -2.13. The number of hydrogen-bond acceptors (Lipinski definition) is 4. The molecule has 3 aromatic rings. The molecule has 0 fully saturated rings. The first-order valence-electron chi connectivity index (χ1n) is 8.47. The van der Waals surface area contributed by atoms with Crippen molar-refractivity contribution in [3.05, 3.63) is 58.0 Å². The second kappa shape index (κ2) is 6.93. The lowest BCUT2D eigenvalue weighted by atomic mass is 10.1. The number of nitrogens with zero attached hydrogens (tertiary/aromatic N) is 3. The highest BCUT2D eigenvalue weighted by molar-refractivity contribution is 6.30. The zero-order valence-corrected chi connectivity index (χ0v) is 15.1. The SMILES string of the molecule is Cc1c(-c2ccc(Cl)cc2)n[nH]c1C(=O)NCc1cc2n(n1)CCNC2. The van der Waals surface area contributed by atoms with E-state index in [0.717, 1.165) is 47.8 Å². The highest BCUT2D eigenvalue weighted by Gasteiger charge is 2.18. The quantitative estimate of drug-likeness (QED) is 0.657. The van der Waals surface area contributed by atoms with Crippen LogP contribution in [0.5, 0.6) is 0 Å². The van der Waals surface area contributed by atoms with E-state index in [0.29, 0.717) is 17.3 Å². The van der Waals surface area contributed by atoms with E-state index in [1.165, 1.54) is 0 Å². The molecule has 1 aliphatic heterocycles. The van der Waals surface area contributed by atoms with E-state index < -0.39 is 0 Å². The minimum Gasteiger partial charge on any atom is -0.345 e. The van der Waals surface area contributed by atoms with Crippen molar-refractivity contribution < 1.29 is 4.79 Å². The Labute approximate surface area is 155 Å². The van der Waals surface area contributed by atoms with Crippen LogP contribution in [0.25, 0.3) is 11.3 Å². The molecule has 134 valence electrons. The van der Waals surface area contributed by atoms with Crippen molar-refractivity contribution in [2.24, 2.45) is 0 Å². The molecule has 1 aliphatic rings. The van der Waals surface area contributed by atoms with Gasteiger partial charge in [0.05, 0.1) is 30.2 Å². The number of nitrogens with one attached hydrogen (secondary N) is 3. The lowest BCUT2D eigenvalue weighted by molar-refractivity contribution is 0.0944. The van der Waals surface area contributed by atoms with Crippen LogP contribution >= 0.6 is 11.6 Å². The van der Waals surface area contributed by atoms with Crippen LogP contribution in [0.3, 0.4) is 0 Å². The third-order valence-corrected chi connectivity index (χ3v) is 4.76. The largest absolute Gasteiger partial charge is 0.345 e. The van der Waals surface area contributed by atoms with Crippen molar-refractivity contribution in [1.29, 1.82) is 0 Å². The van der Waals surface area contributed by atoms with E-state index in [1.54, 1.807) is 12.1 Å². The van der Waals surface area contributed by atoms with Gasteiger partial charge in [0.15, 0.2) is 0 Å². The van der Waals surface area contributed by atoms with E-state index in [-0.39, 0.29) is 5.91 Å². The number of benzene rings is 1. The number of rotatable bonds is 4. The summed E-state index contributed by atoms with van der Waals surface area (Å²) in [5, 5.41) is 18.5. The van der Waals surface area contributed by atoms with Crippen LogP contribution in [0, 0.1) is 6.92 Å². The molecule has 26 heavy (non-hydrogen) atoms. The molecule has 7 nitrogen and oxygen atoms in total. The van der Waals surface area contributed by atoms with Gasteiger partial charge in [0.2, 0.25) is 0 Å². The summed E-state index contributed by atoms with van der Waals surface area (Å²) in [7, 11) is 0. The molecule has 0 aliphatic carbocycles. The third kappa shape index (κ3) is 3.23. The maximum absolute atomic E-state index is 12.5. The fourth-order valence-electron chi connectivity index (χ4n) is 3.11. The molecule has 0 saturated carbocycles. The zero-order chi connectivity index (χ0) is 18.1. The molecule has 8 heteroatoms. The molecular formula is C18H19ClN6O. The molecule has 3 heterocycles. The maximum Gasteiger partial charge on any atom is 0.269 e. The molecule has 3 N–H and O–H groups in total. The predicted octanol–water partition coefficient (Wildman–Crippen LogP) is 2.27. The minimum atomic E-state index is -0.195. The average Bonchev–Trinajstić information content (AvgIpc) is 3.23. The van der Waals surface area contributed by atoms with Gasteiger partial charge in [-0.2, -0.15) is 10.2 Å². The van der Waals surface area contributed by atoms with Crippen molar-refractivity contribution in [2.45, 2.75) is 26.6 Å². The number of H-pyrrole nitrogens is 1. The summed E-state index contributed by atoms with van der Waals surface area (Å²) in [6, 6.07) is 9.40. The molecule has 0 spiro atoms. The number of fused-ring (bicyclic) bond motifs is 1. The molecule has 1 amide bonds. The first-order chi connectivity index (χ1) is 12.6. The Morgan fingerprint density at radius 2 is 2.15 bits per heavy atom. The van der Waals surface area contributed by atoms with Gasteiger partial charge in [0.1, 0.15) is 5.69 Å². The van der Waals surface area contributed by atoms with Gasteiger partial charge in [0.25, 0.3) is 5.91 Å². The van der Waals surface area contributed by atoms with Gasteiger partial charge >= 0.3 is 0 Å². The maximum atomic E-state index is 12.5. The number of carbonyl (C=O) groups excluding carboxylic acids is 1. The molecule has 0 radical (unpaired) electrons. The van der Waals surface area contributed by atoms with Gasteiger partial charge in [0, 0.05) is 29.2 Å². The average molecular weight is 371 g/mol. The summed E-state index contributed by atoms with van der Waals surface area (Å²) in [5.41, 5.74) is 4.92. The summed E-state index contributed by atoms with van der Waals surface area (Å²) in [4.78, 5) is 12.5. The van der Waals surface area contributed by atoms with Gasteiger partial charge < -0.3 is 10.6 Å². The van der Waals surface area contributed by atoms with Crippen molar-refractivity contribution >= 4 is 17.5 Å². The Balaban J connectivity index is 1.46. The highest BCUT2D eigenvalue weighted by atomic mass is 35.5. The second-order valence-corrected chi connectivity index (χ2v) is 6.73. The lowest BCUT2D eigenvalue weighted by Crippen LogP contribution is -2.28. The Bertz CT molecular complexity index is 920. The Kier molecular flexibility index (Phi) is 4.48. The molecule has 0 saturated heterocycles. The molecule has 0 bridgehead atoms. The number of amides is 1. The second-order valence-electron chi connectivity index (χ2n) is 6.29. The van der Waals surface area contributed by atoms with Crippen LogP contribution in [0.1, 0.15) is 27.4 Å². The molecule has 4 rings (SSSR count). The number of aromatic nitrogens is 4. The summed E-state index contributed by atoms with van der Waals surface area (Å²) in [6.45, 7) is 4.84. The molecule has 0 unspecified atom stereocenters. The number of aromatic amines is 1. The molecule has 1 aromatic carbocycles. The predicted molar refractivity (Wildman–Crippen MR) is 98.9 cm³/mol. The van der Waals surface area contributed by atoms with Crippen LogP contribution in [0.15, 0.2) is 30.3 Å². The summed E-state index contributed by atoms with van der Waals surface area (Å²) in [5.74, 6) is -0.195. The van der Waals surface area contributed by atoms with Crippen molar-refractivity contribution in [3.63, 3.8) is 0 Å². The number of halogens is 1. The van der Waals surface area contributed by atoms with E-state index >= 15 is 0 Å². The Morgan fingerprint density at radius 1 is 1.35 bits per heavy atom. The molecule has 2 aromatic heterocycles. The minimum absolute atomic E-state index is 0.195. The van der Waals surface area contributed by atoms with Crippen LogP contribution in [0.2, 0.25) is 5.02 Å². The van der Waals surface area contributed by atoms with Gasteiger partial charge in [-0.05, 0) is 25.1 Å². The van der Waals surface area contributed by atoms with E-state index in [2.05, 4.69) is 25.9 Å². The van der Waals surface area contributed by atoms with E-state index in [9.17, 15) is 4.79 Å². The van der Waals surface area contributed by atoms with Crippen LogP contribution in [-0.2, 0) is 19.6 Å². The van der Waals surface area contributed by atoms with Gasteiger partial charge in [-0.25, -0.2) is 0 Å². The molecular weight excluding hydrogens is 352 g/mol. The smallest absolute Gasteiger partial charge is 0.269 e. The van der Waals surface area contributed by atoms with E-state index in [1.807, 2.05) is 29.8 Å². The number of carbonyl (C=O) groups is 1. The van der Waals surface area contributed by atoms with Crippen LogP contribution in [0.4, 0.5) is 0 Å². The Hall–Kier alpha value is -2.64. The van der Waals surface area contributed by atoms with Crippen molar-refractivity contribution in [2.75, 3.05) is 6.54 Å². The van der Waals surface area contributed by atoms with E-state index in [4.69, 9.17) is 11.6 Å². The molecule has 0 atom stereocenters. The van der Waals surface area contributed by atoms with Gasteiger partial charge in [-0.3, -0.25) is 14.6 Å². The summed E-state index contributed by atoms with van der Waals surface area (Å²) >= 11 is 5.93. The van der Waals surface area contributed by atoms with Crippen molar-refractivity contribution in [1.82, 2.24) is 30.6 Å². The first kappa shape index (κ1) is 16.8. The van der Waals surface area contributed by atoms with Crippen molar-refractivity contribution in [3.8, 4) is 11.3 Å². The monoisotopic (exact) mass is 370 g/mol. The first-order valence-corrected chi connectivity index (χ1v) is 8.85. The normalized spacial score (nSPS) is 13.5. The van der Waals surface area contributed by atoms with Crippen LogP contribution < -0.4 is 10.6 Å². The number of hydrogen-bond donors (Lipinski definition) is 3. The highest BCUT2D eigenvalue weighted by Crippen LogP contribution is 2.24. The summed E-state index contributed by atoms with van der Waals surface area (Å²) in [6.07, 6.45) is 0. The Morgan fingerprint density at radius 3 is 2.92 bits per heavy atom. The summed E-state index contributed by atoms with van der Waals surface area (Å²) < 4.78 is 1.98.